The molecule has 0 radical (unpaired) electrons. The minimum atomic E-state index is -3.64. The van der Waals surface area contributed by atoms with Gasteiger partial charge < -0.3 is 5.32 Å². The number of sulfonamides is 1. The van der Waals surface area contributed by atoms with Gasteiger partial charge in [-0.25, -0.2) is 8.42 Å². The molecule has 2 aromatic rings. The number of amides is 1. The molecule has 0 saturated heterocycles. The number of anilines is 2. The summed E-state index contributed by atoms with van der Waals surface area (Å²) < 4.78 is 25.9. The first-order chi connectivity index (χ1) is 11.7. The van der Waals surface area contributed by atoms with Gasteiger partial charge in [-0.05, 0) is 43.7 Å². The van der Waals surface area contributed by atoms with Crippen molar-refractivity contribution in [3.63, 3.8) is 0 Å². The summed E-state index contributed by atoms with van der Waals surface area (Å²) in [6.07, 6.45) is 1.43. The number of hydrogen-bond donors (Lipinski definition) is 1. The molecule has 0 fully saturated rings. The lowest BCUT2D eigenvalue weighted by atomic mass is 10.1. The van der Waals surface area contributed by atoms with Gasteiger partial charge in [0.15, 0.2) is 0 Å². The smallest absolute Gasteiger partial charge is 0.248 e. The molecule has 1 N–H and O–H groups in total. The Kier molecular flexibility index (Phi) is 6.08. The van der Waals surface area contributed by atoms with Crippen LogP contribution in [0.1, 0.15) is 18.9 Å². The highest BCUT2D eigenvalue weighted by atomic mass is 35.5. The van der Waals surface area contributed by atoms with E-state index in [4.69, 9.17) is 11.6 Å². The molecule has 0 aliphatic heterocycles. The summed E-state index contributed by atoms with van der Waals surface area (Å²) >= 11 is 5.93. The molecule has 5 nitrogen and oxygen atoms in total. The van der Waals surface area contributed by atoms with E-state index in [1.165, 1.54) is 0 Å². The second kappa shape index (κ2) is 7.89. The lowest BCUT2D eigenvalue weighted by Crippen LogP contribution is -2.47. The Morgan fingerprint density at radius 1 is 1.20 bits per heavy atom. The van der Waals surface area contributed by atoms with Crippen LogP contribution in [0.3, 0.4) is 0 Å². The average molecular weight is 381 g/mol. The lowest BCUT2D eigenvalue weighted by Gasteiger charge is -2.30. The monoisotopic (exact) mass is 380 g/mol. The molecule has 134 valence electrons. The molecule has 25 heavy (non-hydrogen) atoms. The Labute approximate surface area is 153 Å². The van der Waals surface area contributed by atoms with Gasteiger partial charge in [0.25, 0.3) is 0 Å². The van der Waals surface area contributed by atoms with E-state index in [0.717, 1.165) is 16.1 Å². The van der Waals surface area contributed by atoms with Crippen LogP contribution in [0.2, 0.25) is 5.02 Å². The highest BCUT2D eigenvalue weighted by Crippen LogP contribution is 2.24. The van der Waals surface area contributed by atoms with E-state index in [1.54, 1.807) is 43.3 Å². The van der Waals surface area contributed by atoms with Gasteiger partial charge in [-0.15, -0.1) is 0 Å². The first-order valence-corrected chi connectivity index (χ1v) is 10.1. The van der Waals surface area contributed by atoms with Crippen molar-refractivity contribution in [1.29, 1.82) is 0 Å². The van der Waals surface area contributed by atoms with Gasteiger partial charge in [0.1, 0.15) is 6.04 Å². The molecule has 0 saturated carbocycles. The van der Waals surface area contributed by atoms with E-state index < -0.39 is 22.0 Å². The normalized spacial score (nSPS) is 12.5. The number of rotatable bonds is 6. The predicted octanol–water partition coefficient (Wildman–Crippen LogP) is 3.83. The zero-order valence-corrected chi connectivity index (χ0v) is 15.9. The Bertz CT molecular complexity index is 851. The molecule has 0 heterocycles. The molecule has 0 aliphatic carbocycles. The van der Waals surface area contributed by atoms with Gasteiger partial charge >= 0.3 is 0 Å². The summed E-state index contributed by atoms with van der Waals surface area (Å²) in [5, 5.41) is 3.23. The number of aryl methyl sites for hydroxylation is 1. The molecule has 2 aromatic carbocycles. The molecule has 0 bridgehead atoms. The third-order valence-electron chi connectivity index (χ3n) is 3.71. The number of carbonyl (C=O) groups is 1. The summed E-state index contributed by atoms with van der Waals surface area (Å²) in [7, 11) is -3.64. The van der Waals surface area contributed by atoms with Crippen LogP contribution in [0.25, 0.3) is 0 Å². The van der Waals surface area contributed by atoms with Crippen molar-refractivity contribution in [2.45, 2.75) is 26.3 Å². The number of carbonyl (C=O) groups excluding carboxylic acids is 1. The Morgan fingerprint density at radius 3 is 2.36 bits per heavy atom. The van der Waals surface area contributed by atoms with Crippen LogP contribution in [-0.4, -0.2) is 26.6 Å². The van der Waals surface area contributed by atoms with Crippen LogP contribution < -0.4 is 9.62 Å². The molecule has 0 aliphatic rings. The second-order valence-electron chi connectivity index (χ2n) is 5.82. The zero-order valence-electron chi connectivity index (χ0n) is 14.4. The molecular weight excluding hydrogens is 360 g/mol. The van der Waals surface area contributed by atoms with E-state index in [0.29, 0.717) is 22.8 Å². The maximum atomic E-state index is 12.7. The van der Waals surface area contributed by atoms with E-state index in [-0.39, 0.29) is 0 Å². The van der Waals surface area contributed by atoms with Crippen molar-refractivity contribution >= 4 is 38.9 Å². The molecule has 7 heteroatoms. The van der Waals surface area contributed by atoms with Gasteiger partial charge in [-0.1, -0.05) is 42.3 Å². The van der Waals surface area contributed by atoms with Gasteiger partial charge in [-0.2, -0.15) is 0 Å². The highest BCUT2D eigenvalue weighted by Gasteiger charge is 2.31. The van der Waals surface area contributed by atoms with Gasteiger partial charge in [0, 0.05) is 10.7 Å². The fraction of sp³-hybridized carbons (Fsp3) is 0.278. The first-order valence-electron chi connectivity index (χ1n) is 7.85. The van der Waals surface area contributed by atoms with Gasteiger partial charge in [-0.3, -0.25) is 9.10 Å². The second-order valence-corrected chi connectivity index (χ2v) is 8.11. The number of nitrogens with one attached hydrogen (secondary N) is 1. The highest BCUT2D eigenvalue weighted by molar-refractivity contribution is 7.92. The number of hydrogen-bond acceptors (Lipinski definition) is 3. The number of benzene rings is 2. The van der Waals surface area contributed by atoms with Crippen LogP contribution in [0.4, 0.5) is 11.4 Å². The SMILES string of the molecule is CCC(C(=O)Nc1cccc(Cl)c1)N(c1ccc(C)cc1)S(C)(=O)=O. The zero-order chi connectivity index (χ0) is 18.6. The van der Waals surface area contributed by atoms with Crippen molar-refractivity contribution in [3.05, 3.63) is 59.1 Å². The van der Waals surface area contributed by atoms with Crippen LogP contribution >= 0.6 is 11.6 Å². The standard InChI is InChI=1S/C18H21ClN2O3S/c1-4-17(18(22)20-15-7-5-6-14(19)12-15)21(25(3,23)24)16-10-8-13(2)9-11-16/h5-12,17H,4H2,1-3H3,(H,20,22). The van der Waals surface area contributed by atoms with Crippen molar-refractivity contribution in [2.75, 3.05) is 15.9 Å². The molecule has 0 aromatic heterocycles. The van der Waals surface area contributed by atoms with Gasteiger partial charge in [0.2, 0.25) is 15.9 Å². The van der Waals surface area contributed by atoms with E-state index in [2.05, 4.69) is 5.32 Å². The maximum Gasteiger partial charge on any atom is 0.248 e. The first kappa shape index (κ1) is 19.3. The van der Waals surface area contributed by atoms with Crippen LogP contribution in [0.5, 0.6) is 0 Å². The van der Waals surface area contributed by atoms with Crippen molar-refractivity contribution in [1.82, 2.24) is 0 Å². The molecule has 1 amide bonds. The number of halogens is 1. The Hall–Kier alpha value is -2.05. The van der Waals surface area contributed by atoms with Crippen LogP contribution in [0, 0.1) is 6.92 Å². The molecule has 0 spiro atoms. The predicted molar refractivity (Wildman–Crippen MR) is 103 cm³/mol. The molecule has 2 rings (SSSR count). The summed E-state index contributed by atoms with van der Waals surface area (Å²) in [5.41, 5.74) is 1.99. The maximum absolute atomic E-state index is 12.7. The summed E-state index contributed by atoms with van der Waals surface area (Å²) in [5.74, 6) is -0.407. The lowest BCUT2D eigenvalue weighted by molar-refractivity contribution is -0.117. The van der Waals surface area contributed by atoms with Crippen LogP contribution in [0.15, 0.2) is 48.5 Å². The quantitative estimate of drug-likeness (QED) is 0.828. The average Bonchev–Trinajstić information content (AvgIpc) is 2.52. The van der Waals surface area contributed by atoms with Crippen molar-refractivity contribution < 1.29 is 13.2 Å². The van der Waals surface area contributed by atoms with E-state index >= 15 is 0 Å². The Morgan fingerprint density at radius 2 is 1.84 bits per heavy atom. The third kappa shape index (κ3) is 4.96. The number of nitrogens with zero attached hydrogens (tertiary/aromatic N) is 1. The van der Waals surface area contributed by atoms with E-state index in [9.17, 15) is 13.2 Å². The molecule has 1 atom stereocenters. The topological polar surface area (TPSA) is 66.5 Å². The summed E-state index contributed by atoms with van der Waals surface area (Å²) in [6.45, 7) is 3.69. The molecular formula is C18H21ClN2O3S. The third-order valence-corrected chi connectivity index (χ3v) is 5.13. The van der Waals surface area contributed by atoms with Crippen molar-refractivity contribution in [3.8, 4) is 0 Å². The van der Waals surface area contributed by atoms with E-state index in [1.807, 2.05) is 19.1 Å². The Balaban J connectivity index is 2.36. The van der Waals surface area contributed by atoms with Crippen molar-refractivity contribution in [2.24, 2.45) is 0 Å². The summed E-state index contributed by atoms with van der Waals surface area (Å²) in [4.78, 5) is 12.7. The summed E-state index contributed by atoms with van der Waals surface area (Å²) in [6, 6.07) is 12.9. The van der Waals surface area contributed by atoms with Crippen LogP contribution in [-0.2, 0) is 14.8 Å². The fourth-order valence-corrected chi connectivity index (χ4v) is 3.95. The van der Waals surface area contributed by atoms with Gasteiger partial charge in [0.05, 0.1) is 11.9 Å². The minimum absolute atomic E-state index is 0.327. The largest absolute Gasteiger partial charge is 0.324 e. The fourth-order valence-electron chi connectivity index (χ4n) is 2.54. The molecule has 1 unspecified atom stereocenters. The minimum Gasteiger partial charge on any atom is -0.324 e.